The first-order chi connectivity index (χ1) is 12.3. The topological polar surface area (TPSA) is 79.5 Å². The molecule has 0 heterocycles. The maximum atomic E-state index is 12.0. The molecular weight excluding hydrogens is 418 g/mol. The van der Waals surface area contributed by atoms with Crippen LogP contribution in [0.15, 0.2) is 46.9 Å². The monoisotopic (exact) mass is 435 g/mol. The van der Waals surface area contributed by atoms with Crippen LogP contribution in [0.2, 0.25) is 0 Å². The molecule has 3 N–H and O–H groups in total. The summed E-state index contributed by atoms with van der Waals surface area (Å²) in [7, 11) is 0. The molecule has 0 unspecified atom stereocenters. The summed E-state index contributed by atoms with van der Waals surface area (Å²) >= 11 is 8.35. The van der Waals surface area contributed by atoms with E-state index in [-0.39, 0.29) is 17.6 Å². The van der Waals surface area contributed by atoms with Gasteiger partial charge in [0.25, 0.3) is 11.8 Å². The smallest absolute Gasteiger partial charge is 0.276 e. The molecule has 2 aromatic carbocycles. The average molecular weight is 436 g/mol. The number of benzene rings is 2. The van der Waals surface area contributed by atoms with E-state index in [1.54, 1.807) is 18.2 Å². The molecule has 0 saturated heterocycles. The molecule has 0 bridgehead atoms. The third kappa shape index (κ3) is 6.12. The highest BCUT2D eigenvalue weighted by atomic mass is 79.9. The first kappa shape index (κ1) is 19.9. The van der Waals surface area contributed by atoms with Crippen molar-refractivity contribution in [1.29, 1.82) is 0 Å². The van der Waals surface area contributed by atoms with Gasteiger partial charge in [-0.1, -0.05) is 33.6 Å². The number of amides is 2. The highest BCUT2D eigenvalue weighted by Gasteiger charge is 2.09. The van der Waals surface area contributed by atoms with Crippen LogP contribution in [-0.2, 0) is 4.79 Å². The summed E-state index contributed by atoms with van der Waals surface area (Å²) < 4.78 is 6.38. The first-order valence-electron chi connectivity index (χ1n) is 7.71. The van der Waals surface area contributed by atoms with Crippen molar-refractivity contribution in [3.05, 3.63) is 63.6 Å². The number of carbonyl (C=O) groups excluding carboxylic acids is 2. The van der Waals surface area contributed by atoms with Gasteiger partial charge in [0.05, 0.1) is 0 Å². The highest BCUT2D eigenvalue weighted by molar-refractivity contribution is 9.10. The molecule has 0 aliphatic heterocycles. The maximum Gasteiger partial charge on any atom is 0.276 e. The van der Waals surface area contributed by atoms with Crippen LogP contribution in [0.5, 0.6) is 5.75 Å². The Morgan fingerprint density at radius 3 is 2.42 bits per heavy atom. The van der Waals surface area contributed by atoms with Crippen LogP contribution in [0.1, 0.15) is 21.5 Å². The van der Waals surface area contributed by atoms with Crippen molar-refractivity contribution in [2.75, 3.05) is 6.61 Å². The zero-order valence-corrected chi connectivity index (χ0v) is 16.7. The minimum Gasteiger partial charge on any atom is -0.483 e. The molecule has 8 heteroatoms. The van der Waals surface area contributed by atoms with E-state index in [0.717, 1.165) is 15.6 Å². The second-order valence-corrected chi connectivity index (χ2v) is 6.84. The Hall–Kier alpha value is -2.45. The molecule has 0 fully saturated rings. The SMILES string of the molecule is Cc1ccc(C(=O)NC(=S)NNC(=O)COc2ccc(Br)cc2C)cc1. The lowest BCUT2D eigenvalue weighted by atomic mass is 10.1. The Balaban J connectivity index is 1.75. The second kappa shape index (κ2) is 9.30. The lowest BCUT2D eigenvalue weighted by Crippen LogP contribution is -2.49. The van der Waals surface area contributed by atoms with Crippen LogP contribution in [0.25, 0.3) is 0 Å². The molecule has 0 radical (unpaired) electrons. The van der Waals surface area contributed by atoms with E-state index in [2.05, 4.69) is 32.1 Å². The zero-order chi connectivity index (χ0) is 19.1. The van der Waals surface area contributed by atoms with Crippen LogP contribution in [0.3, 0.4) is 0 Å². The summed E-state index contributed by atoms with van der Waals surface area (Å²) in [4.78, 5) is 23.8. The van der Waals surface area contributed by atoms with Gasteiger partial charge in [-0.05, 0) is 62.0 Å². The van der Waals surface area contributed by atoms with Gasteiger partial charge in [0, 0.05) is 10.0 Å². The van der Waals surface area contributed by atoms with Crippen molar-refractivity contribution in [1.82, 2.24) is 16.2 Å². The van der Waals surface area contributed by atoms with Gasteiger partial charge in [-0.3, -0.25) is 25.8 Å². The van der Waals surface area contributed by atoms with E-state index in [4.69, 9.17) is 17.0 Å². The Kier molecular flexibility index (Phi) is 7.11. The summed E-state index contributed by atoms with van der Waals surface area (Å²) in [6, 6.07) is 12.5. The molecule has 2 aromatic rings. The normalized spacial score (nSPS) is 9.96. The first-order valence-corrected chi connectivity index (χ1v) is 8.91. The van der Waals surface area contributed by atoms with Crippen molar-refractivity contribution in [2.24, 2.45) is 0 Å². The Morgan fingerprint density at radius 2 is 1.77 bits per heavy atom. The van der Waals surface area contributed by atoms with Crippen LogP contribution in [-0.4, -0.2) is 23.5 Å². The number of hydrazine groups is 1. The minimum absolute atomic E-state index is 0.0104. The van der Waals surface area contributed by atoms with Gasteiger partial charge < -0.3 is 4.74 Å². The van der Waals surface area contributed by atoms with Crippen LogP contribution in [0.4, 0.5) is 0 Å². The van der Waals surface area contributed by atoms with Gasteiger partial charge in [-0.15, -0.1) is 0 Å². The number of rotatable bonds is 4. The van der Waals surface area contributed by atoms with Crippen molar-refractivity contribution < 1.29 is 14.3 Å². The number of carbonyl (C=O) groups is 2. The van der Waals surface area contributed by atoms with E-state index >= 15 is 0 Å². The Labute approximate surface area is 165 Å². The molecule has 0 atom stereocenters. The van der Waals surface area contributed by atoms with Crippen LogP contribution >= 0.6 is 28.1 Å². The predicted molar refractivity (Wildman–Crippen MR) is 107 cm³/mol. The van der Waals surface area contributed by atoms with E-state index < -0.39 is 5.91 Å². The molecule has 0 aliphatic carbocycles. The largest absolute Gasteiger partial charge is 0.483 e. The fourth-order valence-corrected chi connectivity index (χ4v) is 2.61. The number of ether oxygens (including phenoxy) is 1. The lowest BCUT2D eigenvalue weighted by Gasteiger charge is -2.12. The fourth-order valence-electron chi connectivity index (χ4n) is 1.99. The Morgan fingerprint density at radius 1 is 1.08 bits per heavy atom. The molecule has 0 aromatic heterocycles. The standard InChI is InChI=1S/C18H18BrN3O3S/c1-11-3-5-13(6-4-11)17(24)20-18(26)22-21-16(23)10-25-15-8-7-14(19)9-12(15)2/h3-9H,10H2,1-2H3,(H,21,23)(H2,20,22,24,26). The van der Waals surface area contributed by atoms with E-state index in [1.165, 1.54) is 0 Å². The predicted octanol–water partition coefficient (Wildman–Crippen LogP) is 2.78. The van der Waals surface area contributed by atoms with Gasteiger partial charge in [-0.2, -0.15) is 0 Å². The van der Waals surface area contributed by atoms with Gasteiger partial charge in [0.2, 0.25) is 0 Å². The molecule has 0 aliphatic rings. The molecule has 6 nitrogen and oxygen atoms in total. The van der Waals surface area contributed by atoms with Crippen molar-refractivity contribution in [2.45, 2.75) is 13.8 Å². The zero-order valence-electron chi connectivity index (χ0n) is 14.3. The number of hydrogen-bond donors (Lipinski definition) is 3. The minimum atomic E-state index is -0.431. The maximum absolute atomic E-state index is 12.0. The fraction of sp³-hybridized carbons (Fsp3) is 0.167. The summed E-state index contributed by atoms with van der Waals surface area (Å²) in [5, 5.41) is 2.47. The van der Waals surface area contributed by atoms with Crippen molar-refractivity contribution in [3.63, 3.8) is 0 Å². The molecular formula is C18H18BrN3O3S. The van der Waals surface area contributed by atoms with Gasteiger partial charge in [0.15, 0.2) is 11.7 Å². The van der Waals surface area contributed by atoms with E-state index in [9.17, 15) is 9.59 Å². The van der Waals surface area contributed by atoms with Crippen molar-refractivity contribution in [3.8, 4) is 5.75 Å². The molecule has 2 amide bonds. The molecule has 2 rings (SSSR count). The summed E-state index contributed by atoms with van der Waals surface area (Å²) in [6.07, 6.45) is 0. The van der Waals surface area contributed by atoms with E-state index in [1.807, 2.05) is 38.1 Å². The number of aryl methyl sites for hydroxylation is 2. The molecule has 0 spiro atoms. The van der Waals surface area contributed by atoms with Crippen LogP contribution < -0.4 is 20.9 Å². The van der Waals surface area contributed by atoms with Crippen LogP contribution in [0, 0.1) is 13.8 Å². The summed E-state index contributed by atoms with van der Waals surface area (Å²) in [5.74, 6) is -0.184. The van der Waals surface area contributed by atoms with E-state index in [0.29, 0.717) is 11.3 Å². The van der Waals surface area contributed by atoms with Gasteiger partial charge in [-0.25, -0.2) is 0 Å². The van der Waals surface area contributed by atoms with Crippen molar-refractivity contribution >= 4 is 45.1 Å². The van der Waals surface area contributed by atoms with Gasteiger partial charge >= 0.3 is 0 Å². The second-order valence-electron chi connectivity index (χ2n) is 5.52. The summed E-state index contributed by atoms with van der Waals surface area (Å²) in [6.45, 7) is 3.62. The Bertz CT molecular complexity index is 825. The van der Waals surface area contributed by atoms with Gasteiger partial charge in [0.1, 0.15) is 5.75 Å². The molecule has 136 valence electrons. The quantitative estimate of drug-likeness (QED) is 0.508. The third-order valence-corrected chi connectivity index (χ3v) is 4.05. The highest BCUT2D eigenvalue weighted by Crippen LogP contribution is 2.21. The molecule has 26 heavy (non-hydrogen) atoms. The number of nitrogens with one attached hydrogen (secondary N) is 3. The average Bonchev–Trinajstić information content (AvgIpc) is 2.59. The lowest BCUT2D eigenvalue weighted by molar-refractivity contribution is -0.123. The number of thiocarbonyl (C=S) groups is 1. The summed E-state index contributed by atoms with van der Waals surface area (Å²) in [5.41, 5.74) is 7.26. The third-order valence-electron chi connectivity index (χ3n) is 3.35. The number of halogens is 1. The number of hydrogen-bond acceptors (Lipinski definition) is 4. The molecule has 0 saturated carbocycles.